The second-order valence-corrected chi connectivity index (χ2v) is 5.86. The van der Waals surface area contributed by atoms with Crippen LogP contribution in [0.4, 0.5) is 4.79 Å². The second kappa shape index (κ2) is 8.38. The van der Waals surface area contributed by atoms with Crippen molar-refractivity contribution in [3.05, 3.63) is 35.9 Å². The summed E-state index contributed by atoms with van der Waals surface area (Å²) in [6, 6.07) is 9.24. The van der Waals surface area contributed by atoms with E-state index in [1.807, 2.05) is 30.3 Å². The fourth-order valence-corrected chi connectivity index (χ4v) is 1.59. The third kappa shape index (κ3) is 7.08. The van der Waals surface area contributed by atoms with Gasteiger partial charge in [0.1, 0.15) is 12.2 Å². The van der Waals surface area contributed by atoms with E-state index in [2.05, 4.69) is 5.32 Å². The molecule has 1 amide bonds. The zero-order valence-electron chi connectivity index (χ0n) is 13.2. The zero-order chi connectivity index (χ0) is 16.6. The van der Waals surface area contributed by atoms with Crippen LogP contribution in [0, 0.1) is 5.92 Å². The summed E-state index contributed by atoms with van der Waals surface area (Å²) in [5.74, 6) is -1.37. The maximum Gasteiger partial charge on any atom is 0.407 e. The summed E-state index contributed by atoms with van der Waals surface area (Å²) in [5.41, 5.74) is 0.224. The Morgan fingerprint density at radius 1 is 1.23 bits per heavy atom. The normalized spacial score (nSPS) is 12.4. The summed E-state index contributed by atoms with van der Waals surface area (Å²) in [6.45, 7) is 4.90. The van der Waals surface area contributed by atoms with Gasteiger partial charge in [-0.1, -0.05) is 30.3 Å². The summed E-state index contributed by atoms with van der Waals surface area (Å²) >= 11 is 0. The van der Waals surface area contributed by atoms with E-state index in [-0.39, 0.29) is 13.2 Å². The van der Waals surface area contributed by atoms with Gasteiger partial charge in [0.2, 0.25) is 0 Å². The first kappa shape index (κ1) is 18.0. The van der Waals surface area contributed by atoms with E-state index in [9.17, 15) is 14.7 Å². The van der Waals surface area contributed by atoms with Crippen molar-refractivity contribution in [1.82, 2.24) is 5.32 Å². The minimum absolute atomic E-state index is 0.0426. The average molecular weight is 309 g/mol. The van der Waals surface area contributed by atoms with Gasteiger partial charge in [0.25, 0.3) is 0 Å². The van der Waals surface area contributed by atoms with Crippen LogP contribution in [0.25, 0.3) is 0 Å². The Kier molecular flexibility index (Phi) is 6.85. The van der Waals surface area contributed by atoms with E-state index < -0.39 is 30.2 Å². The number of hydrogen-bond donors (Lipinski definition) is 2. The lowest BCUT2D eigenvalue weighted by atomic mass is 10.1. The Labute approximate surface area is 130 Å². The number of hydrogen-bond acceptors (Lipinski definition) is 5. The molecular formula is C16H23NO5. The summed E-state index contributed by atoms with van der Waals surface area (Å²) in [7, 11) is 0. The van der Waals surface area contributed by atoms with E-state index in [1.165, 1.54) is 0 Å². The number of amides is 1. The van der Waals surface area contributed by atoms with Gasteiger partial charge in [0.05, 0.1) is 12.5 Å². The highest BCUT2D eigenvalue weighted by Crippen LogP contribution is 2.11. The monoisotopic (exact) mass is 309 g/mol. The molecule has 0 heterocycles. The molecule has 2 N–H and O–H groups in total. The fraction of sp³-hybridized carbons (Fsp3) is 0.500. The van der Waals surface area contributed by atoms with Crippen molar-refractivity contribution in [1.29, 1.82) is 0 Å². The van der Waals surface area contributed by atoms with Crippen LogP contribution in [0.15, 0.2) is 30.3 Å². The molecule has 6 nitrogen and oxygen atoms in total. The van der Waals surface area contributed by atoms with Crippen LogP contribution < -0.4 is 5.32 Å². The van der Waals surface area contributed by atoms with Gasteiger partial charge >= 0.3 is 12.1 Å². The van der Waals surface area contributed by atoms with Gasteiger partial charge in [-0.05, 0) is 26.3 Å². The first-order valence-corrected chi connectivity index (χ1v) is 7.10. The molecule has 122 valence electrons. The van der Waals surface area contributed by atoms with Crippen LogP contribution in [0.1, 0.15) is 26.3 Å². The molecular weight excluding hydrogens is 286 g/mol. The van der Waals surface area contributed by atoms with E-state index >= 15 is 0 Å². The summed E-state index contributed by atoms with van der Waals surface area (Å²) in [6.07, 6.45) is -0.647. The van der Waals surface area contributed by atoms with Gasteiger partial charge in [-0.3, -0.25) is 4.79 Å². The van der Waals surface area contributed by atoms with Crippen LogP contribution in [-0.4, -0.2) is 35.9 Å². The minimum Gasteiger partial charge on any atom is -0.460 e. The number of aliphatic hydroxyl groups is 1. The molecule has 0 unspecified atom stereocenters. The molecule has 1 atom stereocenters. The molecule has 0 bridgehead atoms. The lowest BCUT2D eigenvalue weighted by Crippen LogP contribution is -2.38. The number of carbonyl (C=O) groups excluding carboxylic acids is 2. The van der Waals surface area contributed by atoms with Gasteiger partial charge in [0, 0.05) is 6.54 Å². The van der Waals surface area contributed by atoms with Gasteiger partial charge in [-0.15, -0.1) is 0 Å². The SMILES string of the molecule is CC(C)(C)OC(=O)[C@H](CO)CNC(=O)OCc1ccccc1. The lowest BCUT2D eigenvalue weighted by molar-refractivity contribution is -0.161. The number of alkyl carbamates (subject to hydrolysis) is 1. The Bertz CT molecular complexity index is 481. The van der Waals surface area contributed by atoms with Gasteiger partial charge in [-0.2, -0.15) is 0 Å². The van der Waals surface area contributed by atoms with Gasteiger partial charge < -0.3 is 19.9 Å². The Morgan fingerprint density at radius 3 is 2.41 bits per heavy atom. The molecule has 0 saturated heterocycles. The van der Waals surface area contributed by atoms with E-state index in [0.29, 0.717) is 0 Å². The number of esters is 1. The number of nitrogens with one attached hydrogen (secondary N) is 1. The maximum absolute atomic E-state index is 11.8. The average Bonchev–Trinajstić information content (AvgIpc) is 2.45. The quantitative estimate of drug-likeness (QED) is 0.784. The Balaban J connectivity index is 2.36. The highest BCUT2D eigenvalue weighted by Gasteiger charge is 2.25. The molecule has 0 aromatic heterocycles. The summed E-state index contributed by atoms with van der Waals surface area (Å²) < 4.78 is 10.2. The molecule has 0 fully saturated rings. The van der Waals surface area contributed by atoms with Crippen LogP contribution >= 0.6 is 0 Å². The minimum atomic E-state index is -0.816. The van der Waals surface area contributed by atoms with Crippen molar-refractivity contribution in [2.45, 2.75) is 33.0 Å². The standard InChI is InChI=1S/C16H23NO5/c1-16(2,3)22-14(19)13(10-18)9-17-15(20)21-11-12-7-5-4-6-8-12/h4-8,13,18H,9-11H2,1-3H3,(H,17,20)/t13-/m0/s1. The summed E-state index contributed by atoms with van der Waals surface area (Å²) in [4.78, 5) is 23.4. The molecule has 0 aliphatic carbocycles. The highest BCUT2D eigenvalue weighted by atomic mass is 16.6. The molecule has 6 heteroatoms. The van der Waals surface area contributed by atoms with Crippen LogP contribution in [0.5, 0.6) is 0 Å². The number of ether oxygens (including phenoxy) is 2. The number of carbonyl (C=O) groups is 2. The Hall–Kier alpha value is -2.08. The number of rotatable bonds is 6. The predicted molar refractivity (Wildman–Crippen MR) is 81.1 cm³/mol. The van der Waals surface area contributed by atoms with Crippen molar-refractivity contribution < 1.29 is 24.2 Å². The molecule has 1 aromatic rings. The van der Waals surface area contributed by atoms with Crippen LogP contribution in [-0.2, 0) is 20.9 Å². The smallest absolute Gasteiger partial charge is 0.407 e. The highest BCUT2D eigenvalue weighted by molar-refractivity contribution is 5.74. The molecule has 0 aliphatic heterocycles. The first-order chi connectivity index (χ1) is 10.3. The predicted octanol–water partition coefficient (Wildman–Crippen LogP) is 1.86. The first-order valence-electron chi connectivity index (χ1n) is 7.10. The molecule has 0 radical (unpaired) electrons. The van der Waals surface area contributed by atoms with Crippen molar-refractivity contribution in [2.24, 2.45) is 5.92 Å². The molecule has 0 saturated carbocycles. The van der Waals surface area contributed by atoms with E-state index in [1.54, 1.807) is 20.8 Å². The number of aliphatic hydroxyl groups excluding tert-OH is 1. The third-order valence-corrected chi connectivity index (χ3v) is 2.67. The van der Waals surface area contributed by atoms with Crippen molar-refractivity contribution >= 4 is 12.1 Å². The van der Waals surface area contributed by atoms with Crippen molar-refractivity contribution in [3.8, 4) is 0 Å². The molecule has 0 spiro atoms. The Morgan fingerprint density at radius 2 is 1.86 bits per heavy atom. The fourth-order valence-electron chi connectivity index (χ4n) is 1.59. The van der Waals surface area contributed by atoms with E-state index in [4.69, 9.17) is 9.47 Å². The largest absolute Gasteiger partial charge is 0.460 e. The van der Waals surface area contributed by atoms with Gasteiger partial charge in [-0.25, -0.2) is 4.79 Å². The van der Waals surface area contributed by atoms with Crippen LogP contribution in [0.2, 0.25) is 0 Å². The molecule has 1 rings (SSSR count). The zero-order valence-corrected chi connectivity index (χ0v) is 13.2. The third-order valence-electron chi connectivity index (χ3n) is 2.67. The summed E-state index contributed by atoms with van der Waals surface area (Å²) in [5, 5.41) is 11.7. The van der Waals surface area contributed by atoms with Crippen LogP contribution in [0.3, 0.4) is 0 Å². The molecule has 0 aliphatic rings. The number of benzene rings is 1. The van der Waals surface area contributed by atoms with Crippen molar-refractivity contribution in [2.75, 3.05) is 13.2 Å². The van der Waals surface area contributed by atoms with E-state index in [0.717, 1.165) is 5.56 Å². The maximum atomic E-state index is 11.8. The topological polar surface area (TPSA) is 84.9 Å². The van der Waals surface area contributed by atoms with Crippen molar-refractivity contribution in [3.63, 3.8) is 0 Å². The molecule has 22 heavy (non-hydrogen) atoms. The molecule has 1 aromatic carbocycles. The van der Waals surface area contributed by atoms with Gasteiger partial charge in [0.15, 0.2) is 0 Å². The second-order valence-electron chi connectivity index (χ2n) is 5.86. The lowest BCUT2D eigenvalue weighted by Gasteiger charge is -2.23.